The van der Waals surface area contributed by atoms with Crippen LogP contribution in [0.2, 0.25) is 0 Å². The maximum atomic E-state index is 11.7. The van der Waals surface area contributed by atoms with Crippen LogP contribution < -0.4 is 15.5 Å². The Kier molecular flexibility index (Phi) is 6.76. The number of hydrogen-bond donors (Lipinski definition) is 3. The van der Waals surface area contributed by atoms with Crippen LogP contribution in [-0.4, -0.2) is 45.2 Å². The van der Waals surface area contributed by atoms with E-state index in [1.165, 1.54) is 18.8 Å². The molecule has 9 heteroatoms. The van der Waals surface area contributed by atoms with Crippen molar-refractivity contribution in [3.63, 3.8) is 0 Å². The number of amides is 1. The van der Waals surface area contributed by atoms with E-state index < -0.39 is 12.0 Å². The molecule has 1 aliphatic rings. The maximum Gasteiger partial charge on any atom is 0.252 e. The number of carbonyl (C=O) groups excluding carboxylic acids is 1. The van der Waals surface area contributed by atoms with Gasteiger partial charge in [0.05, 0.1) is 11.6 Å². The van der Waals surface area contributed by atoms with Gasteiger partial charge in [-0.05, 0) is 61.6 Å². The van der Waals surface area contributed by atoms with Crippen LogP contribution in [0.1, 0.15) is 36.8 Å². The lowest BCUT2D eigenvalue weighted by Crippen LogP contribution is -2.34. The van der Waals surface area contributed by atoms with Gasteiger partial charge in [-0.25, -0.2) is 9.97 Å². The van der Waals surface area contributed by atoms with Crippen LogP contribution in [0, 0.1) is 11.3 Å². The van der Waals surface area contributed by atoms with Gasteiger partial charge in [-0.3, -0.25) is 4.79 Å². The van der Waals surface area contributed by atoms with Crippen LogP contribution in [0.15, 0.2) is 54.9 Å². The molecule has 4 rings (SSSR count). The predicted molar refractivity (Wildman–Crippen MR) is 125 cm³/mol. The summed E-state index contributed by atoms with van der Waals surface area (Å²) >= 11 is 0. The SMILES string of the molecule is C[C@H](O)C(=O)Nc1cccc(Nc2ncnc(N3CCC(c4ccc(C#N)cc4)CC3)n2)c1. The van der Waals surface area contributed by atoms with Crippen molar-refractivity contribution in [3.05, 3.63) is 66.0 Å². The van der Waals surface area contributed by atoms with E-state index in [2.05, 4.69) is 36.6 Å². The number of rotatable bonds is 6. The maximum absolute atomic E-state index is 11.7. The Hall–Kier alpha value is -4.03. The summed E-state index contributed by atoms with van der Waals surface area (Å²) in [5.74, 6) is 1.00. The van der Waals surface area contributed by atoms with Crippen LogP contribution >= 0.6 is 0 Å². The normalized spacial score (nSPS) is 14.9. The zero-order valence-corrected chi connectivity index (χ0v) is 18.3. The third kappa shape index (κ3) is 5.61. The Balaban J connectivity index is 1.38. The monoisotopic (exact) mass is 443 g/mol. The minimum absolute atomic E-state index is 0.410. The Bertz CT molecular complexity index is 1150. The molecule has 1 fully saturated rings. The largest absolute Gasteiger partial charge is 0.384 e. The second kappa shape index (κ2) is 10.1. The first-order valence-corrected chi connectivity index (χ1v) is 10.8. The highest BCUT2D eigenvalue weighted by Crippen LogP contribution is 2.29. The molecule has 1 aromatic heterocycles. The molecule has 0 spiro atoms. The minimum atomic E-state index is -1.09. The molecule has 3 N–H and O–H groups in total. The molecular weight excluding hydrogens is 418 g/mol. The third-order valence-electron chi connectivity index (χ3n) is 5.61. The fourth-order valence-electron chi connectivity index (χ4n) is 3.79. The van der Waals surface area contributed by atoms with Crippen molar-refractivity contribution in [1.29, 1.82) is 5.26 Å². The van der Waals surface area contributed by atoms with Gasteiger partial charge in [0.15, 0.2) is 0 Å². The molecule has 0 aliphatic carbocycles. The van der Waals surface area contributed by atoms with E-state index in [-0.39, 0.29) is 0 Å². The average molecular weight is 444 g/mol. The number of benzene rings is 2. The third-order valence-corrected chi connectivity index (χ3v) is 5.61. The number of nitriles is 1. The highest BCUT2D eigenvalue weighted by molar-refractivity contribution is 5.94. The van der Waals surface area contributed by atoms with Crippen molar-refractivity contribution >= 4 is 29.2 Å². The number of aliphatic hydroxyl groups excluding tert-OH is 1. The lowest BCUT2D eigenvalue weighted by atomic mass is 9.89. The van der Waals surface area contributed by atoms with E-state index in [0.717, 1.165) is 25.9 Å². The number of carbonyl (C=O) groups is 1. The molecule has 0 bridgehead atoms. The predicted octanol–water partition coefficient (Wildman–Crippen LogP) is 3.19. The van der Waals surface area contributed by atoms with Crippen molar-refractivity contribution in [1.82, 2.24) is 15.0 Å². The van der Waals surface area contributed by atoms with Crippen molar-refractivity contribution in [3.8, 4) is 6.07 Å². The quantitative estimate of drug-likeness (QED) is 0.530. The van der Waals surface area contributed by atoms with Crippen LogP contribution in [0.4, 0.5) is 23.3 Å². The van der Waals surface area contributed by atoms with Crippen LogP contribution in [0.5, 0.6) is 0 Å². The molecule has 3 aromatic rings. The smallest absolute Gasteiger partial charge is 0.252 e. The Morgan fingerprint density at radius 3 is 2.58 bits per heavy atom. The molecule has 1 amide bonds. The van der Waals surface area contributed by atoms with Gasteiger partial charge in [0.25, 0.3) is 5.91 Å². The van der Waals surface area contributed by atoms with Gasteiger partial charge in [-0.1, -0.05) is 18.2 Å². The molecular formula is C24H25N7O2. The van der Waals surface area contributed by atoms with Gasteiger partial charge in [0, 0.05) is 24.5 Å². The summed E-state index contributed by atoms with van der Waals surface area (Å²) in [6.45, 7) is 3.07. The van der Waals surface area contributed by atoms with E-state index >= 15 is 0 Å². The van der Waals surface area contributed by atoms with E-state index in [1.54, 1.807) is 18.2 Å². The lowest BCUT2D eigenvalue weighted by Gasteiger charge is -2.32. The summed E-state index contributed by atoms with van der Waals surface area (Å²) in [6, 6.07) is 17.1. The fourth-order valence-corrected chi connectivity index (χ4v) is 3.79. The highest BCUT2D eigenvalue weighted by atomic mass is 16.3. The van der Waals surface area contributed by atoms with Crippen molar-refractivity contribution in [2.24, 2.45) is 0 Å². The van der Waals surface area contributed by atoms with Gasteiger partial charge in [0.1, 0.15) is 12.4 Å². The molecule has 9 nitrogen and oxygen atoms in total. The molecule has 0 radical (unpaired) electrons. The summed E-state index contributed by atoms with van der Waals surface area (Å²) in [7, 11) is 0. The fraction of sp³-hybridized carbons (Fsp3) is 0.292. The van der Waals surface area contributed by atoms with Gasteiger partial charge < -0.3 is 20.6 Å². The first-order valence-electron chi connectivity index (χ1n) is 10.8. The number of piperidine rings is 1. The Morgan fingerprint density at radius 2 is 1.88 bits per heavy atom. The van der Waals surface area contributed by atoms with Crippen LogP contribution in [0.3, 0.4) is 0 Å². The molecule has 1 aliphatic heterocycles. The van der Waals surface area contributed by atoms with E-state index in [4.69, 9.17) is 5.26 Å². The first-order chi connectivity index (χ1) is 16.0. The standard InChI is InChI=1S/C24H25N7O2/c1-16(32)22(33)28-20-3-2-4-21(13-20)29-23-26-15-27-24(30-23)31-11-9-19(10-12-31)18-7-5-17(14-25)6-8-18/h2-8,13,15-16,19,32H,9-12H2,1H3,(H,28,33)(H,26,27,29,30)/t16-/m0/s1. The summed E-state index contributed by atoms with van der Waals surface area (Å²) in [6.07, 6.45) is 2.35. The van der Waals surface area contributed by atoms with Gasteiger partial charge in [-0.2, -0.15) is 10.2 Å². The van der Waals surface area contributed by atoms with E-state index in [1.807, 2.05) is 30.3 Å². The second-order valence-electron chi connectivity index (χ2n) is 7.98. The molecule has 33 heavy (non-hydrogen) atoms. The number of nitrogens with zero attached hydrogens (tertiary/aromatic N) is 5. The summed E-state index contributed by atoms with van der Waals surface area (Å²) in [5, 5.41) is 24.1. The summed E-state index contributed by atoms with van der Waals surface area (Å²) < 4.78 is 0. The van der Waals surface area contributed by atoms with Crippen LogP contribution in [-0.2, 0) is 4.79 Å². The van der Waals surface area contributed by atoms with Crippen molar-refractivity contribution < 1.29 is 9.90 Å². The average Bonchev–Trinajstić information content (AvgIpc) is 2.84. The number of nitrogens with one attached hydrogen (secondary N) is 2. The number of hydrogen-bond acceptors (Lipinski definition) is 8. The first kappa shape index (κ1) is 22.2. The summed E-state index contributed by atoms with van der Waals surface area (Å²) in [5.41, 5.74) is 3.20. The number of aromatic nitrogens is 3. The zero-order valence-electron chi connectivity index (χ0n) is 18.3. The molecule has 1 saturated heterocycles. The number of anilines is 4. The molecule has 0 saturated carbocycles. The number of aliphatic hydroxyl groups is 1. The van der Waals surface area contributed by atoms with Crippen LogP contribution in [0.25, 0.3) is 0 Å². The lowest BCUT2D eigenvalue weighted by molar-refractivity contribution is -0.123. The van der Waals surface area contributed by atoms with Crippen molar-refractivity contribution in [2.45, 2.75) is 31.8 Å². The summed E-state index contributed by atoms with van der Waals surface area (Å²) in [4.78, 5) is 27.0. The van der Waals surface area contributed by atoms with Gasteiger partial charge in [-0.15, -0.1) is 0 Å². The van der Waals surface area contributed by atoms with E-state index in [9.17, 15) is 9.90 Å². The van der Waals surface area contributed by atoms with E-state index in [0.29, 0.717) is 34.8 Å². The van der Waals surface area contributed by atoms with Crippen molar-refractivity contribution in [2.75, 3.05) is 28.6 Å². The topological polar surface area (TPSA) is 127 Å². The second-order valence-corrected chi connectivity index (χ2v) is 7.98. The minimum Gasteiger partial charge on any atom is -0.384 e. The molecule has 0 unspecified atom stereocenters. The molecule has 168 valence electrons. The molecule has 2 heterocycles. The zero-order chi connectivity index (χ0) is 23.2. The Morgan fingerprint density at radius 1 is 1.15 bits per heavy atom. The molecule has 2 aromatic carbocycles. The Labute approximate surface area is 192 Å². The molecule has 1 atom stereocenters. The highest BCUT2D eigenvalue weighted by Gasteiger charge is 2.22. The van der Waals surface area contributed by atoms with Gasteiger partial charge in [0.2, 0.25) is 11.9 Å². The van der Waals surface area contributed by atoms with Gasteiger partial charge >= 0.3 is 0 Å².